The second-order valence-electron chi connectivity index (χ2n) is 3.96. The Bertz CT molecular complexity index is 452. The van der Waals surface area contributed by atoms with Crippen LogP contribution >= 0.6 is 0 Å². The van der Waals surface area contributed by atoms with Crippen molar-refractivity contribution in [3.8, 4) is 5.88 Å². The van der Waals surface area contributed by atoms with Gasteiger partial charge in [-0.3, -0.25) is 4.79 Å². The van der Waals surface area contributed by atoms with Gasteiger partial charge >= 0.3 is 6.18 Å². The van der Waals surface area contributed by atoms with Crippen molar-refractivity contribution in [1.82, 2.24) is 9.97 Å². The number of hydrogen-bond donors (Lipinski definition) is 1. The van der Waals surface area contributed by atoms with Gasteiger partial charge in [0.05, 0.1) is 19.1 Å². The first-order valence-corrected chi connectivity index (χ1v) is 5.25. The molecule has 1 aliphatic carbocycles. The Hall–Kier alpha value is -1.53. The normalized spacial score (nSPS) is 15.9. The van der Waals surface area contributed by atoms with E-state index in [2.05, 4.69) is 9.97 Å². The van der Waals surface area contributed by atoms with Crippen LogP contribution in [0.5, 0.6) is 5.88 Å². The highest BCUT2D eigenvalue weighted by Gasteiger charge is 2.28. The van der Waals surface area contributed by atoms with E-state index in [0.717, 1.165) is 18.9 Å². The Morgan fingerprint density at radius 3 is 2.76 bits per heavy atom. The average Bonchev–Trinajstić information content (AvgIpc) is 2.97. The Morgan fingerprint density at radius 1 is 1.47 bits per heavy atom. The molecule has 0 amide bonds. The van der Waals surface area contributed by atoms with E-state index in [1.807, 2.05) is 0 Å². The van der Waals surface area contributed by atoms with Crippen LogP contribution in [0.1, 0.15) is 31.0 Å². The predicted octanol–water partition coefficient (Wildman–Crippen LogP) is 1.98. The first-order chi connectivity index (χ1) is 7.94. The highest BCUT2D eigenvalue weighted by atomic mass is 19.4. The Kier molecular flexibility index (Phi) is 3.08. The van der Waals surface area contributed by atoms with Crippen molar-refractivity contribution in [2.45, 2.75) is 31.4 Å². The van der Waals surface area contributed by atoms with Gasteiger partial charge in [-0.05, 0) is 12.8 Å². The number of nitrogens with one attached hydrogen (secondary N) is 1. The van der Waals surface area contributed by atoms with Gasteiger partial charge in [0.2, 0.25) is 5.88 Å². The van der Waals surface area contributed by atoms with Crippen LogP contribution in [0.25, 0.3) is 0 Å². The van der Waals surface area contributed by atoms with E-state index in [1.54, 1.807) is 0 Å². The molecule has 94 valence electrons. The van der Waals surface area contributed by atoms with Gasteiger partial charge in [-0.2, -0.15) is 18.2 Å². The number of hydrogen-bond acceptors (Lipinski definition) is 3. The fourth-order valence-corrected chi connectivity index (χ4v) is 1.35. The van der Waals surface area contributed by atoms with Crippen LogP contribution in [0.15, 0.2) is 10.9 Å². The molecule has 1 fully saturated rings. The lowest BCUT2D eigenvalue weighted by molar-refractivity contribution is -0.139. The second kappa shape index (κ2) is 4.38. The van der Waals surface area contributed by atoms with Gasteiger partial charge in [-0.25, -0.2) is 0 Å². The van der Waals surface area contributed by atoms with Gasteiger partial charge in [0.25, 0.3) is 5.56 Å². The van der Waals surface area contributed by atoms with Gasteiger partial charge < -0.3 is 9.72 Å². The molecule has 0 bridgehead atoms. The van der Waals surface area contributed by atoms with E-state index in [9.17, 15) is 18.0 Å². The molecule has 1 aromatic rings. The van der Waals surface area contributed by atoms with Crippen molar-refractivity contribution in [1.29, 1.82) is 0 Å². The molecule has 0 unspecified atom stereocenters. The maximum Gasteiger partial charge on any atom is 0.392 e. The van der Waals surface area contributed by atoms with Gasteiger partial charge in [0, 0.05) is 5.92 Å². The number of H-pyrrole nitrogens is 1. The lowest BCUT2D eigenvalue weighted by Gasteiger charge is -2.08. The first-order valence-electron chi connectivity index (χ1n) is 5.25. The number of aromatic amines is 1. The molecule has 4 nitrogen and oxygen atoms in total. The molecule has 1 aliphatic rings. The van der Waals surface area contributed by atoms with Crippen LogP contribution in [0.4, 0.5) is 13.2 Å². The summed E-state index contributed by atoms with van der Waals surface area (Å²) in [5, 5.41) is 0. The highest BCUT2D eigenvalue weighted by molar-refractivity contribution is 5.14. The van der Waals surface area contributed by atoms with E-state index in [0.29, 0.717) is 5.82 Å². The zero-order valence-corrected chi connectivity index (χ0v) is 8.88. The van der Waals surface area contributed by atoms with Crippen molar-refractivity contribution in [2.24, 2.45) is 0 Å². The minimum Gasteiger partial charge on any atom is -0.477 e. The SMILES string of the molecule is O=c1cc(OCCC(F)(F)F)nc(C2CC2)[nH]1. The number of ether oxygens (including phenoxy) is 1. The Labute approximate surface area is 94.8 Å². The molecule has 0 aliphatic heterocycles. The van der Waals surface area contributed by atoms with Gasteiger partial charge in [-0.15, -0.1) is 0 Å². The molecule has 7 heteroatoms. The maximum absolute atomic E-state index is 11.9. The Balaban J connectivity index is 1.98. The van der Waals surface area contributed by atoms with Gasteiger partial charge in [0.15, 0.2) is 0 Å². The van der Waals surface area contributed by atoms with E-state index < -0.39 is 24.8 Å². The zero-order chi connectivity index (χ0) is 12.5. The summed E-state index contributed by atoms with van der Waals surface area (Å²) in [6, 6.07) is 1.06. The molecule has 1 saturated carbocycles. The van der Waals surface area contributed by atoms with Crippen LogP contribution in [0, 0.1) is 0 Å². The van der Waals surface area contributed by atoms with Crippen LogP contribution in [-0.2, 0) is 0 Å². The minimum atomic E-state index is -4.26. The van der Waals surface area contributed by atoms with Crippen molar-refractivity contribution < 1.29 is 17.9 Å². The van der Waals surface area contributed by atoms with Crippen LogP contribution < -0.4 is 10.3 Å². The fourth-order valence-electron chi connectivity index (χ4n) is 1.35. The third-order valence-electron chi connectivity index (χ3n) is 2.34. The number of nitrogens with zero attached hydrogens (tertiary/aromatic N) is 1. The van der Waals surface area contributed by atoms with Crippen LogP contribution in [-0.4, -0.2) is 22.8 Å². The molecular formula is C10H11F3N2O2. The summed E-state index contributed by atoms with van der Waals surface area (Å²) in [6.45, 7) is -0.524. The standard InChI is InChI=1S/C10H11F3N2O2/c11-10(12,13)3-4-17-8-5-7(16)14-9(15-8)6-1-2-6/h5-6H,1-4H2,(H,14,15,16). The third-order valence-corrected chi connectivity index (χ3v) is 2.34. The topological polar surface area (TPSA) is 55.0 Å². The lowest BCUT2D eigenvalue weighted by atomic mass is 10.4. The smallest absolute Gasteiger partial charge is 0.392 e. The number of alkyl halides is 3. The summed E-state index contributed by atoms with van der Waals surface area (Å²) < 4.78 is 40.5. The molecule has 0 spiro atoms. The average molecular weight is 248 g/mol. The van der Waals surface area contributed by atoms with Gasteiger partial charge in [-0.1, -0.05) is 0 Å². The van der Waals surface area contributed by atoms with Crippen molar-refractivity contribution in [2.75, 3.05) is 6.61 Å². The predicted molar refractivity (Wildman–Crippen MR) is 53.0 cm³/mol. The molecule has 0 aromatic carbocycles. The van der Waals surface area contributed by atoms with Gasteiger partial charge in [0.1, 0.15) is 5.82 Å². The summed E-state index contributed by atoms with van der Waals surface area (Å²) in [4.78, 5) is 17.7. The summed E-state index contributed by atoms with van der Waals surface area (Å²) in [5.74, 6) is 0.674. The summed E-state index contributed by atoms with van der Waals surface area (Å²) in [5.41, 5.74) is -0.399. The number of rotatable bonds is 4. The molecule has 1 aromatic heterocycles. The molecule has 0 saturated heterocycles. The molecule has 0 atom stereocenters. The first kappa shape index (κ1) is 11.9. The molecule has 17 heavy (non-hydrogen) atoms. The Morgan fingerprint density at radius 2 is 2.18 bits per heavy atom. The van der Waals surface area contributed by atoms with E-state index in [-0.39, 0.29) is 11.8 Å². The third kappa shape index (κ3) is 3.76. The monoisotopic (exact) mass is 248 g/mol. The van der Waals surface area contributed by atoms with E-state index in [4.69, 9.17) is 4.74 Å². The highest BCUT2D eigenvalue weighted by Crippen LogP contribution is 2.37. The largest absolute Gasteiger partial charge is 0.477 e. The number of aromatic nitrogens is 2. The summed E-state index contributed by atoms with van der Waals surface area (Å²) in [7, 11) is 0. The van der Waals surface area contributed by atoms with E-state index in [1.165, 1.54) is 0 Å². The second-order valence-corrected chi connectivity index (χ2v) is 3.96. The van der Waals surface area contributed by atoms with E-state index >= 15 is 0 Å². The zero-order valence-electron chi connectivity index (χ0n) is 8.88. The van der Waals surface area contributed by atoms with Crippen molar-refractivity contribution >= 4 is 0 Å². The summed E-state index contributed by atoms with van der Waals surface area (Å²) >= 11 is 0. The van der Waals surface area contributed by atoms with Crippen molar-refractivity contribution in [3.63, 3.8) is 0 Å². The molecule has 1 N–H and O–H groups in total. The van der Waals surface area contributed by atoms with Crippen molar-refractivity contribution in [3.05, 3.63) is 22.2 Å². The minimum absolute atomic E-state index is 0.0418. The lowest BCUT2D eigenvalue weighted by Crippen LogP contribution is -2.16. The maximum atomic E-state index is 11.9. The molecule has 2 rings (SSSR count). The van der Waals surface area contributed by atoms with Crippen LogP contribution in [0.3, 0.4) is 0 Å². The fraction of sp³-hybridized carbons (Fsp3) is 0.600. The summed E-state index contributed by atoms with van der Waals surface area (Å²) in [6.07, 6.45) is -3.44. The number of halogens is 3. The molecular weight excluding hydrogens is 237 g/mol. The van der Waals surface area contributed by atoms with Crippen LogP contribution in [0.2, 0.25) is 0 Å². The quantitative estimate of drug-likeness (QED) is 0.886. The molecule has 0 radical (unpaired) electrons. The molecule has 1 heterocycles.